The van der Waals surface area contributed by atoms with E-state index in [4.69, 9.17) is 9.05 Å². The highest BCUT2D eigenvalue weighted by Gasteiger charge is 2.28. The van der Waals surface area contributed by atoms with Crippen molar-refractivity contribution in [1.82, 2.24) is 5.32 Å². The summed E-state index contributed by atoms with van der Waals surface area (Å²) in [6.07, 6.45) is 51.5. The van der Waals surface area contributed by atoms with Crippen molar-refractivity contribution >= 4 is 13.7 Å². The molecule has 366 valence electrons. The van der Waals surface area contributed by atoms with Crippen molar-refractivity contribution in [2.24, 2.45) is 0 Å². The second-order valence-electron chi connectivity index (χ2n) is 20.0. The molecule has 1 amide bonds. The first-order chi connectivity index (χ1) is 29.5. The third-order valence-electron chi connectivity index (χ3n) is 12.6. The van der Waals surface area contributed by atoms with Gasteiger partial charge in [-0.2, -0.15) is 0 Å². The number of carbonyl (C=O) groups is 1. The molecule has 0 aromatic heterocycles. The van der Waals surface area contributed by atoms with Gasteiger partial charge in [0.15, 0.2) is 0 Å². The Hall–Kier alpha value is -0.500. The summed E-state index contributed by atoms with van der Waals surface area (Å²) >= 11 is 0. The monoisotopic (exact) mass is 888 g/mol. The summed E-state index contributed by atoms with van der Waals surface area (Å²) in [7, 11) is 1.63. The van der Waals surface area contributed by atoms with Crippen LogP contribution in [0.15, 0.2) is 0 Å². The van der Waals surface area contributed by atoms with Crippen molar-refractivity contribution in [3.63, 3.8) is 0 Å². The SMILES string of the molecule is CCCCCCCCCCCCCCCCCCCCCCCCCCCCC(=O)N[C@@H](COP(=O)(O)OCC[N+](C)(C)C)[C@H](O)CCCCCCCCCCCCCCC. The van der Waals surface area contributed by atoms with Crippen molar-refractivity contribution in [3.05, 3.63) is 0 Å². The topological polar surface area (TPSA) is 105 Å². The van der Waals surface area contributed by atoms with Crippen molar-refractivity contribution < 1.29 is 32.9 Å². The van der Waals surface area contributed by atoms with Crippen LogP contribution in [0.3, 0.4) is 0 Å². The van der Waals surface area contributed by atoms with E-state index in [1.807, 2.05) is 21.1 Å². The Balaban J connectivity index is 4.07. The van der Waals surface area contributed by atoms with E-state index in [1.165, 1.54) is 212 Å². The lowest BCUT2D eigenvalue weighted by molar-refractivity contribution is -0.870. The Kier molecular flexibility index (Phi) is 44.3. The van der Waals surface area contributed by atoms with E-state index in [0.29, 0.717) is 23.9 Å². The Morgan fingerprint density at radius 3 is 1.10 bits per heavy atom. The average Bonchev–Trinajstić information content (AvgIpc) is 3.21. The number of hydrogen-bond acceptors (Lipinski definition) is 5. The van der Waals surface area contributed by atoms with Gasteiger partial charge >= 0.3 is 7.82 Å². The first kappa shape index (κ1) is 60.5. The van der Waals surface area contributed by atoms with E-state index < -0.39 is 20.0 Å². The zero-order chi connectivity index (χ0) is 45.0. The van der Waals surface area contributed by atoms with Gasteiger partial charge in [-0.1, -0.05) is 258 Å². The fourth-order valence-corrected chi connectivity index (χ4v) is 9.08. The maximum absolute atomic E-state index is 12.9. The van der Waals surface area contributed by atoms with Crippen LogP contribution >= 0.6 is 7.82 Å². The van der Waals surface area contributed by atoms with Crippen LogP contribution in [0.1, 0.15) is 277 Å². The number of rotatable bonds is 50. The van der Waals surface area contributed by atoms with Crippen LogP contribution in [0.5, 0.6) is 0 Å². The minimum Gasteiger partial charge on any atom is -0.391 e. The molecule has 3 atom stereocenters. The summed E-state index contributed by atoms with van der Waals surface area (Å²) in [5.74, 6) is -0.138. The number of nitrogens with zero attached hydrogens (tertiary/aromatic N) is 1. The zero-order valence-corrected chi connectivity index (χ0v) is 42.6. The molecule has 9 heteroatoms. The lowest BCUT2D eigenvalue weighted by Gasteiger charge is -2.26. The van der Waals surface area contributed by atoms with Gasteiger partial charge in [0.2, 0.25) is 5.91 Å². The number of carbonyl (C=O) groups excluding carboxylic acids is 1. The van der Waals surface area contributed by atoms with Gasteiger partial charge in [0, 0.05) is 6.42 Å². The van der Waals surface area contributed by atoms with Crippen molar-refractivity contribution in [1.29, 1.82) is 0 Å². The van der Waals surface area contributed by atoms with Crippen molar-refractivity contribution in [3.8, 4) is 0 Å². The molecule has 0 spiro atoms. The molecular weight excluding hydrogens is 780 g/mol. The maximum Gasteiger partial charge on any atom is 0.472 e. The molecule has 0 aliphatic heterocycles. The summed E-state index contributed by atoms with van der Waals surface area (Å²) in [4.78, 5) is 23.2. The first-order valence-electron chi connectivity index (χ1n) is 26.9. The summed E-state index contributed by atoms with van der Waals surface area (Å²) in [5.41, 5.74) is 0. The quantitative estimate of drug-likeness (QED) is 0.0319. The standard InChI is InChI=1S/C52H107N2O6P/c1-6-8-10-12-14-16-18-20-21-22-23-24-25-26-27-28-29-30-31-32-34-36-38-40-42-44-46-52(56)53-50(49-60-61(57,58)59-48-47-54(3,4)5)51(55)45-43-41-39-37-35-33-19-17-15-13-11-9-7-2/h50-51,55H,6-49H2,1-5H3,(H-,53,56,57,58)/p+1/t50-,51+/m0/s1. The molecule has 0 bridgehead atoms. The number of nitrogens with one attached hydrogen (secondary N) is 1. The maximum atomic E-state index is 12.9. The van der Waals surface area contributed by atoms with Crippen LogP contribution in [0.2, 0.25) is 0 Å². The molecule has 0 aliphatic carbocycles. The largest absolute Gasteiger partial charge is 0.472 e. The van der Waals surface area contributed by atoms with Crippen LogP contribution in [-0.4, -0.2) is 73.4 Å². The molecule has 0 radical (unpaired) electrons. The number of phosphoric acid groups is 1. The summed E-state index contributed by atoms with van der Waals surface area (Å²) in [6.45, 7) is 4.93. The summed E-state index contributed by atoms with van der Waals surface area (Å²) in [5, 5.41) is 14.0. The lowest BCUT2D eigenvalue weighted by atomic mass is 10.0. The van der Waals surface area contributed by atoms with Gasteiger partial charge in [0.25, 0.3) is 0 Å². The molecular formula is C52H108N2O6P+. The number of hydrogen-bond donors (Lipinski definition) is 3. The molecule has 0 saturated carbocycles. The van der Waals surface area contributed by atoms with E-state index in [2.05, 4.69) is 19.2 Å². The zero-order valence-electron chi connectivity index (χ0n) is 41.7. The number of phosphoric ester groups is 1. The summed E-state index contributed by atoms with van der Waals surface area (Å²) in [6, 6.07) is -0.753. The third-order valence-corrected chi connectivity index (χ3v) is 13.6. The third kappa shape index (κ3) is 47.3. The minimum atomic E-state index is -4.31. The number of unbranched alkanes of at least 4 members (excludes halogenated alkanes) is 37. The second-order valence-corrected chi connectivity index (χ2v) is 21.4. The molecule has 0 heterocycles. The van der Waals surface area contributed by atoms with E-state index in [0.717, 1.165) is 38.5 Å². The Bertz CT molecular complexity index is 963. The Labute approximate surface area is 380 Å². The van der Waals surface area contributed by atoms with Gasteiger partial charge in [0.05, 0.1) is 39.9 Å². The number of aliphatic hydroxyl groups is 1. The van der Waals surface area contributed by atoms with Crippen LogP contribution in [0.25, 0.3) is 0 Å². The molecule has 0 aromatic carbocycles. The predicted molar refractivity (Wildman–Crippen MR) is 263 cm³/mol. The molecule has 0 saturated heterocycles. The van der Waals surface area contributed by atoms with Gasteiger partial charge < -0.3 is 19.8 Å². The van der Waals surface area contributed by atoms with Gasteiger partial charge in [-0.25, -0.2) is 4.57 Å². The number of amides is 1. The molecule has 0 rings (SSSR count). The van der Waals surface area contributed by atoms with Crippen LogP contribution in [0, 0.1) is 0 Å². The number of likely N-dealkylation sites (N-methyl/N-ethyl adjacent to an activating group) is 1. The van der Waals surface area contributed by atoms with Crippen molar-refractivity contribution in [2.45, 2.75) is 289 Å². The highest BCUT2D eigenvalue weighted by molar-refractivity contribution is 7.47. The van der Waals surface area contributed by atoms with Crippen LogP contribution in [-0.2, 0) is 18.4 Å². The van der Waals surface area contributed by atoms with E-state index >= 15 is 0 Å². The Morgan fingerprint density at radius 1 is 0.492 bits per heavy atom. The predicted octanol–water partition coefficient (Wildman–Crippen LogP) is 15.7. The normalized spacial score (nSPS) is 14.0. The molecule has 0 aliphatic rings. The summed E-state index contributed by atoms with van der Waals surface area (Å²) < 4.78 is 23.7. The van der Waals surface area contributed by atoms with Crippen LogP contribution < -0.4 is 5.32 Å². The van der Waals surface area contributed by atoms with Gasteiger partial charge in [-0.05, 0) is 12.8 Å². The highest BCUT2D eigenvalue weighted by atomic mass is 31.2. The lowest BCUT2D eigenvalue weighted by Crippen LogP contribution is -2.46. The van der Waals surface area contributed by atoms with E-state index in [-0.39, 0.29) is 19.1 Å². The highest BCUT2D eigenvalue weighted by Crippen LogP contribution is 2.43. The van der Waals surface area contributed by atoms with E-state index in [9.17, 15) is 19.4 Å². The van der Waals surface area contributed by atoms with Gasteiger partial charge in [0.1, 0.15) is 13.2 Å². The smallest absolute Gasteiger partial charge is 0.391 e. The fourth-order valence-electron chi connectivity index (χ4n) is 8.34. The van der Waals surface area contributed by atoms with Gasteiger partial charge in [-0.15, -0.1) is 0 Å². The van der Waals surface area contributed by atoms with Crippen LogP contribution in [0.4, 0.5) is 0 Å². The molecule has 3 N–H and O–H groups in total. The number of aliphatic hydroxyl groups excluding tert-OH is 1. The molecule has 61 heavy (non-hydrogen) atoms. The molecule has 0 fully saturated rings. The minimum absolute atomic E-state index is 0.0788. The van der Waals surface area contributed by atoms with Gasteiger partial charge in [-0.3, -0.25) is 13.8 Å². The van der Waals surface area contributed by atoms with E-state index in [1.54, 1.807) is 0 Å². The molecule has 8 nitrogen and oxygen atoms in total. The second kappa shape index (κ2) is 44.7. The fraction of sp³-hybridized carbons (Fsp3) is 0.981. The molecule has 1 unspecified atom stereocenters. The average molecular weight is 888 g/mol. The first-order valence-corrected chi connectivity index (χ1v) is 28.4. The Morgan fingerprint density at radius 2 is 0.787 bits per heavy atom. The van der Waals surface area contributed by atoms with Crippen molar-refractivity contribution in [2.75, 3.05) is 40.9 Å². The molecule has 0 aromatic rings. The number of quaternary nitrogens is 1.